The SMILES string of the molecule is CCOc1ccc(C(=O)Nc2ccc3oc(-c4cc(OC)c(OC)c(OC)c4)nc3c2)cc1Br. The van der Waals surface area contributed by atoms with Gasteiger partial charge in [-0.05, 0) is 71.4 Å². The summed E-state index contributed by atoms with van der Waals surface area (Å²) in [4.78, 5) is 17.3. The molecule has 3 aromatic carbocycles. The molecule has 0 unspecified atom stereocenters. The lowest BCUT2D eigenvalue weighted by atomic mass is 10.2. The average Bonchev–Trinajstić information content (AvgIpc) is 3.27. The fourth-order valence-corrected chi connectivity index (χ4v) is 3.94. The summed E-state index contributed by atoms with van der Waals surface area (Å²) in [6.45, 7) is 2.44. The first kappa shape index (κ1) is 23.4. The first-order chi connectivity index (χ1) is 16.5. The summed E-state index contributed by atoms with van der Waals surface area (Å²) < 4.78 is 28.3. The van der Waals surface area contributed by atoms with Gasteiger partial charge in [0.05, 0.1) is 32.4 Å². The number of carbonyl (C=O) groups excluding carboxylic acids is 1. The molecule has 1 aromatic heterocycles. The van der Waals surface area contributed by atoms with E-state index in [-0.39, 0.29) is 5.91 Å². The maximum absolute atomic E-state index is 12.7. The number of benzene rings is 3. The van der Waals surface area contributed by atoms with Crippen LogP contribution in [0, 0.1) is 0 Å². The Morgan fingerprint density at radius 2 is 1.71 bits per heavy atom. The summed E-state index contributed by atoms with van der Waals surface area (Å²) in [5.41, 5.74) is 2.91. The number of aromatic nitrogens is 1. The highest BCUT2D eigenvalue weighted by Gasteiger charge is 2.18. The van der Waals surface area contributed by atoms with E-state index in [0.29, 0.717) is 67.9 Å². The molecule has 0 atom stereocenters. The number of hydrogen-bond acceptors (Lipinski definition) is 7. The summed E-state index contributed by atoms with van der Waals surface area (Å²) in [7, 11) is 4.64. The molecule has 9 heteroatoms. The Labute approximate surface area is 204 Å². The van der Waals surface area contributed by atoms with Crippen molar-refractivity contribution in [1.82, 2.24) is 4.98 Å². The quantitative estimate of drug-likeness (QED) is 0.304. The van der Waals surface area contributed by atoms with E-state index in [1.807, 2.05) is 6.92 Å². The third-order valence-corrected chi connectivity index (χ3v) is 5.67. The van der Waals surface area contributed by atoms with E-state index in [1.165, 1.54) is 0 Å². The van der Waals surface area contributed by atoms with Crippen molar-refractivity contribution in [3.63, 3.8) is 0 Å². The Balaban J connectivity index is 1.61. The van der Waals surface area contributed by atoms with E-state index in [9.17, 15) is 4.79 Å². The van der Waals surface area contributed by atoms with Crippen molar-refractivity contribution in [2.45, 2.75) is 6.92 Å². The van der Waals surface area contributed by atoms with Gasteiger partial charge in [-0.25, -0.2) is 4.98 Å². The van der Waals surface area contributed by atoms with E-state index in [2.05, 4.69) is 26.2 Å². The van der Waals surface area contributed by atoms with Crippen LogP contribution in [0.3, 0.4) is 0 Å². The van der Waals surface area contributed by atoms with Crippen molar-refractivity contribution >= 4 is 38.6 Å². The number of hydrogen-bond donors (Lipinski definition) is 1. The minimum Gasteiger partial charge on any atom is -0.493 e. The minimum atomic E-state index is -0.253. The normalized spacial score (nSPS) is 10.7. The van der Waals surface area contributed by atoms with Crippen LogP contribution in [0.2, 0.25) is 0 Å². The number of anilines is 1. The molecule has 0 fully saturated rings. The highest BCUT2D eigenvalue weighted by Crippen LogP contribution is 2.41. The zero-order valence-corrected chi connectivity index (χ0v) is 20.7. The zero-order chi connectivity index (χ0) is 24.2. The van der Waals surface area contributed by atoms with Crippen molar-refractivity contribution in [1.29, 1.82) is 0 Å². The predicted octanol–water partition coefficient (Wildman–Crippen LogP) is 5.93. The second-order valence-corrected chi connectivity index (χ2v) is 8.00. The molecule has 176 valence electrons. The standard InChI is InChI=1S/C25H23BrN2O6/c1-5-33-19-8-6-14(10-17(19)26)24(29)27-16-7-9-20-18(13-16)28-25(34-20)15-11-21(30-2)23(32-4)22(12-15)31-3/h6-13H,5H2,1-4H3,(H,27,29). The van der Waals surface area contributed by atoms with Gasteiger partial charge in [0.1, 0.15) is 11.3 Å². The number of fused-ring (bicyclic) bond motifs is 1. The molecule has 34 heavy (non-hydrogen) atoms. The fourth-order valence-electron chi connectivity index (χ4n) is 3.45. The van der Waals surface area contributed by atoms with E-state index in [0.717, 1.165) is 0 Å². The van der Waals surface area contributed by atoms with Gasteiger partial charge in [0.15, 0.2) is 17.1 Å². The van der Waals surface area contributed by atoms with E-state index in [1.54, 1.807) is 69.9 Å². The molecule has 1 amide bonds. The molecule has 4 rings (SSSR count). The van der Waals surface area contributed by atoms with Gasteiger partial charge in [-0.1, -0.05) is 0 Å². The van der Waals surface area contributed by atoms with Crippen LogP contribution >= 0.6 is 15.9 Å². The number of halogens is 1. The van der Waals surface area contributed by atoms with Gasteiger partial charge in [0.2, 0.25) is 11.6 Å². The summed E-state index contributed by atoms with van der Waals surface area (Å²) >= 11 is 3.44. The number of oxazole rings is 1. The summed E-state index contributed by atoms with van der Waals surface area (Å²) in [5, 5.41) is 2.89. The molecule has 0 bridgehead atoms. The summed E-state index contributed by atoms with van der Waals surface area (Å²) in [5.74, 6) is 2.28. The van der Waals surface area contributed by atoms with Crippen molar-refractivity contribution in [2.75, 3.05) is 33.3 Å². The van der Waals surface area contributed by atoms with Crippen molar-refractivity contribution in [2.24, 2.45) is 0 Å². The van der Waals surface area contributed by atoms with Gasteiger partial charge in [-0.2, -0.15) is 0 Å². The topological polar surface area (TPSA) is 92.1 Å². The molecular formula is C25H23BrN2O6. The Kier molecular flexibility index (Phi) is 6.93. The number of rotatable bonds is 8. The van der Waals surface area contributed by atoms with E-state index < -0.39 is 0 Å². The highest BCUT2D eigenvalue weighted by molar-refractivity contribution is 9.10. The van der Waals surface area contributed by atoms with Gasteiger partial charge in [0.25, 0.3) is 5.91 Å². The van der Waals surface area contributed by atoms with Crippen LogP contribution in [0.15, 0.2) is 57.4 Å². The van der Waals surface area contributed by atoms with Crippen LogP contribution in [-0.4, -0.2) is 38.8 Å². The molecule has 0 saturated carbocycles. The predicted molar refractivity (Wildman–Crippen MR) is 132 cm³/mol. The van der Waals surface area contributed by atoms with Crippen LogP contribution in [-0.2, 0) is 0 Å². The number of nitrogens with one attached hydrogen (secondary N) is 1. The molecule has 0 aliphatic rings. The Hall–Kier alpha value is -3.72. The molecule has 0 radical (unpaired) electrons. The van der Waals surface area contributed by atoms with Gasteiger partial charge in [0, 0.05) is 16.8 Å². The number of ether oxygens (including phenoxy) is 4. The molecule has 0 aliphatic carbocycles. The van der Waals surface area contributed by atoms with Crippen LogP contribution < -0.4 is 24.3 Å². The lowest BCUT2D eigenvalue weighted by molar-refractivity contribution is 0.102. The molecule has 1 N–H and O–H groups in total. The maximum Gasteiger partial charge on any atom is 0.255 e. The van der Waals surface area contributed by atoms with Gasteiger partial charge >= 0.3 is 0 Å². The molecule has 8 nitrogen and oxygen atoms in total. The van der Waals surface area contributed by atoms with Gasteiger partial charge in [-0.15, -0.1) is 0 Å². The molecular weight excluding hydrogens is 504 g/mol. The largest absolute Gasteiger partial charge is 0.493 e. The Bertz CT molecular complexity index is 1330. The lowest BCUT2D eigenvalue weighted by Gasteiger charge is -2.12. The van der Waals surface area contributed by atoms with Crippen LogP contribution in [0.25, 0.3) is 22.6 Å². The Morgan fingerprint density at radius 3 is 2.32 bits per heavy atom. The van der Waals surface area contributed by atoms with Crippen LogP contribution in [0.5, 0.6) is 23.0 Å². The summed E-state index contributed by atoms with van der Waals surface area (Å²) in [6.07, 6.45) is 0. The highest BCUT2D eigenvalue weighted by atomic mass is 79.9. The van der Waals surface area contributed by atoms with Crippen molar-refractivity contribution in [3.8, 4) is 34.5 Å². The number of amides is 1. The van der Waals surface area contributed by atoms with Gasteiger partial charge in [-0.3, -0.25) is 4.79 Å². The van der Waals surface area contributed by atoms with Crippen LogP contribution in [0.4, 0.5) is 5.69 Å². The molecule has 0 saturated heterocycles. The molecule has 1 heterocycles. The van der Waals surface area contributed by atoms with Crippen molar-refractivity contribution in [3.05, 3.63) is 58.6 Å². The second-order valence-electron chi connectivity index (χ2n) is 7.15. The minimum absolute atomic E-state index is 0.253. The molecule has 0 aliphatic heterocycles. The first-order valence-corrected chi connectivity index (χ1v) is 11.2. The zero-order valence-electron chi connectivity index (χ0n) is 19.1. The average molecular weight is 527 g/mol. The lowest BCUT2D eigenvalue weighted by Crippen LogP contribution is -2.12. The molecule has 4 aromatic rings. The second kappa shape index (κ2) is 10.0. The molecule has 0 spiro atoms. The Morgan fingerprint density at radius 1 is 0.971 bits per heavy atom. The monoisotopic (exact) mass is 526 g/mol. The van der Waals surface area contributed by atoms with E-state index in [4.69, 9.17) is 23.4 Å². The third kappa shape index (κ3) is 4.65. The van der Waals surface area contributed by atoms with E-state index >= 15 is 0 Å². The first-order valence-electron chi connectivity index (χ1n) is 10.4. The van der Waals surface area contributed by atoms with Gasteiger partial charge < -0.3 is 28.7 Å². The third-order valence-electron chi connectivity index (χ3n) is 5.05. The smallest absolute Gasteiger partial charge is 0.255 e. The van der Waals surface area contributed by atoms with Crippen molar-refractivity contribution < 1.29 is 28.2 Å². The van der Waals surface area contributed by atoms with Crippen LogP contribution in [0.1, 0.15) is 17.3 Å². The maximum atomic E-state index is 12.7. The fraction of sp³-hybridized carbons (Fsp3) is 0.200. The number of nitrogens with zero attached hydrogens (tertiary/aromatic N) is 1. The number of methoxy groups -OCH3 is 3. The summed E-state index contributed by atoms with van der Waals surface area (Å²) in [6, 6.07) is 14.0. The number of carbonyl (C=O) groups is 1.